The Balaban J connectivity index is 1.92. The normalized spacial score (nSPS) is 12.3. The molecule has 0 fully saturated rings. The molecule has 2 rings (SSSR count). The number of hydrogen-bond acceptors (Lipinski definition) is 2. The molecule has 0 aliphatic rings. The molecule has 0 saturated carbocycles. The molecule has 0 heterocycles. The summed E-state index contributed by atoms with van der Waals surface area (Å²) in [6, 6.07) is 16.7. The van der Waals surface area contributed by atoms with E-state index >= 15 is 0 Å². The second-order valence-corrected chi connectivity index (χ2v) is 5.89. The summed E-state index contributed by atoms with van der Waals surface area (Å²) >= 11 is 3.51. The summed E-state index contributed by atoms with van der Waals surface area (Å²) in [4.78, 5) is 0. The van der Waals surface area contributed by atoms with Crippen molar-refractivity contribution in [3.63, 3.8) is 0 Å². The number of benzene rings is 2. The Labute approximate surface area is 129 Å². The van der Waals surface area contributed by atoms with Gasteiger partial charge in [-0.15, -0.1) is 0 Å². The first-order chi connectivity index (χ1) is 9.69. The van der Waals surface area contributed by atoms with Crippen LogP contribution in [0.15, 0.2) is 53.0 Å². The predicted molar refractivity (Wildman–Crippen MR) is 86.7 cm³/mol. The Morgan fingerprint density at radius 3 is 2.50 bits per heavy atom. The van der Waals surface area contributed by atoms with Crippen molar-refractivity contribution in [2.24, 2.45) is 0 Å². The minimum atomic E-state index is 0.0846. The van der Waals surface area contributed by atoms with E-state index in [1.165, 1.54) is 16.7 Å². The van der Waals surface area contributed by atoms with E-state index in [9.17, 15) is 5.11 Å². The minimum absolute atomic E-state index is 0.0846. The number of aliphatic hydroxyl groups is 1. The van der Waals surface area contributed by atoms with Crippen molar-refractivity contribution in [1.29, 1.82) is 0 Å². The molecule has 2 N–H and O–H groups in total. The van der Waals surface area contributed by atoms with E-state index < -0.39 is 0 Å². The second-order valence-electron chi connectivity index (χ2n) is 5.03. The van der Waals surface area contributed by atoms with Crippen LogP contribution in [0.3, 0.4) is 0 Å². The largest absolute Gasteiger partial charge is 0.395 e. The van der Waals surface area contributed by atoms with Crippen LogP contribution in [0.1, 0.15) is 16.7 Å². The van der Waals surface area contributed by atoms with Gasteiger partial charge in [-0.25, -0.2) is 0 Å². The van der Waals surface area contributed by atoms with Crippen molar-refractivity contribution < 1.29 is 5.11 Å². The van der Waals surface area contributed by atoms with Gasteiger partial charge in [0.15, 0.2) is 0 Å². The van der Waals surface area contributed by atoms with E-state index in [-0.39, 0.29) is 12.6 Å². The van der Waals surface area contributed by atoms with E-state index in [0.29, 0.717) is 0 Å². The number of rotatable bonds is 6. The molecule has 0 saturated heterocycles. The molecule has 20 heavy (non-hydrogen) atoms. The molecule has 0 aliphatic carbocycles. The average Bonchev–Trinajstić information content (AvgIpc) is 2.48. The van der Waals surface area contributed by atoms with Crippen molar-refractivity contribution in [2.75, 3.05) is 6.61 Å². The summed E-state index contributed by atoms with van der Waals surface area (Å²) in [6.07, 6.45) is 0.840. The number of hydrogen-bond donors (Lipinski definition) is 2. The first kappa shape index (κ1) is 15.2. The summed E-state index contributed by atoms with van der Waals surface area (Å²) < 4.78 is 1.13. The summed E-state index contributed by atoms with van der Waals surface area (Å²) in [5, 5.41) is 12.9. The highest BCUT2D eigenvalue weighted by Crippen LogP contribution is 2.17. The lowest BCUT2D eigenvalue weighted by Gasteiger charge is -2.17. The average molecular weight is 334 g/mol. The third kappa shape index (κ3) is 4.44. The monoisotopic (exact) mass is 333 g/mol. The SMILES string of the molecule is Cc1cc(CN[C@@H](CO)Cc2ccccc2)ccc1Br. The van der Waals surface area contributed by atoms with Gasteiger partial charge in [-0.1, -0.05) is 58.4 Å². The van der Waals surface area contributed by atoms with Gasteiger partial charge in [-0.3, -0.25) is 0 Å². The minimum Gasteiger partial charge on any atom is -0.395 e. The molecule has 0 unspecified atom stereocenters. The molecular weight excluding hydrogens is 314 g/mol. The highest BCUT2D eigenvalue weighted by Gasteiger charge is 2.08. The van der Waals surface area contributed by atoms with Crippen LogP contribution < -0.4 is 5.32 Å². The van der Waals surface area contributed by atoms with Crippen LogP contribution in [0.25, 0.3) is 0 Å². The molecule has 2 aromatic rings. The Kier molecular flexibility index (Phi) is 5.77. The van der Waals surface area contributed by atoms with E-state index in [4.69, 9.17) is 0 Å². The first-order valence-corrected chi connectivity index (χ1v) is 7.61. The molecule has 1 atom stereocenters. The third-order valence-corrected chi connectivity index (χ3v) is 4.25. The fourth-order valence-electron chi connectivity index (χ4n) is 2.18. The van der Waals surface area contributed by atoms with Crippen molar-refractivity contribution in [3.05, 3.63) is 69.7 Å². The van der Waals surface area contributed by atoms with Gasteiger partial charge in [0.2, 0.25) is 0 Å². The van der Waals surface area contributed by atoms with Crippen LogP contribution >= 0.6 is 15.9 Å². The maximum Gasteiger partial charge on any atom is 0.0587 e. The van der Waals surface area contributed by atoms with E-state index in [2.05, 4.69) is 58.5 Å². The molecule has 0 amide bonds. The molecule has 2 nitrogen and oxygen atoms in total. The number of nitrogens with one attached hydrogen (secondary N) is 1. The lowest BCUT2D eigenvalue weighted by Crippen LogP contribution is -2.34. The number of aliphatic hydroxyl groups excluding tert-OH is 1. The van der Waals surface area contributed by atoms with Crippen LogP contribution in [-0.4, -0.2) is 17.8 Å². The zero-order valence-electron chi connectivity index (χ0n) is 11.6. The standard InChI is InChI=1S/C17H20BrNO/c1-13-9-15(7-8-17(13)18)11-19-16(12-20)10-14-5-3-2-4-6-14/h2-9,16,19-20H,10-12H2,1H3/t16-/m1/s1. The summed E-state index contributed by atoms with van der Waals surface area (Å²) in [5.74, 6) is 0. The zero-order valence-corrected chi connectivity index (χ0v) is 13.2. The maximum atomic E-state index is 9.49. The van der Waals surface area contributed by atoms with Crippen molar-refractivity contribution >= 4 is 15.9 Å². The molecule has 0 aliphatic heterocycles. The molecule has 0 aromatic heterocycles. The third-order valence-electron chi connectivity index (χ3n) is 3.36. The summed E-state index contributed by atoms with van der Waals surface area (Å²) in [5.41, 5.74) is 3.70. The molecule has 0 spiro atoms. The first-order valence-electron chi connectivity index (χ1n) is 6.82. The van der Waals surface area contributed by atoms with Crippen LogP contribution in [0.4, 0.5) is 0 Å². The highest BCUT2D eigenvalue weighted by atomic mass is 79.9. The topological polar surface area (TPSA) is 32.3 Å². The predicted octanol–water partition coefficient (Wildman–Crippen LogP) is 3.45. The fraction of sp³-hybridized carbons (Fsp3) is 0.294. The Morgan fingerprint density at radius 2 is 1.85 bits per heavy atom. The van der Waals surface area contributed by atoms with Crippen molar-refractivity contribution in [3.8, 4) is 0 Å². The van der Waals surface area contributed by atoms with Gasteiger partial charge in [0.05, 0.1) is 6.61 Å². The Bertz CT molecular complexity index is 542. The quantitative estimate of drug-likeness (QED) is 0.848. The second kappa shape index (κ2) is 7.58. The highest BCUT2D eigenvalue weighted by molar-refractivity contribution is 9.10. The number of aryl methyl sites for hydroxylation is 1. The zero-order chi connectivity index (χ0) is 14.4. The van der Waals surface area contributed by atoms with Gasteiger partial charge in [-0.2, -0.15) is 0 Å². The van der Waals surface area contributed by atoms with Gasteiger partial charge < -0.3 is 10.4 Å². The molecular formula is C17H20BrNO. The van der Waals surface area contributed by atoms with Crippen molar-refractivity contribution in [2.45, 2.75) is 25.9 Å². The number of halogens is 1. The fourth-order valence-corrected chi connectivity index (χ4v) is 2.43. The smallest absolute Gasteiger partial charge is 0.0587 e. The lowest BCUT2D eigenvalue weighted by atomic mass is 10.1. The van der Waals surface area contributed by atoms with E-state index in [0.717, 1.165) is 17.4 Å². The summed E-state index contributed by atoms with van der Waals surface area (Å²) in [6.45, 7) is 3.00. The van der Waals surface area contributed by atoms with Crippen molar-refractivity contribution in [1.82, 2.24) is 5.32 Å². The van der Waals surface area contributed by atoms with Gasteiger partial charge >= 0.3 is 0 Å². The molecule has 0 radical (unpaired) electrons. The Morgan fingerprint density at radius 1 is 1.10 bits per heavy atom. The maximum absolute atomic E-state index is 9.49. The van der Waals surface area contributed by atoms with Gasteiger partial charge in [-0.05, 0) is 36.1 Å². The van der Waals surface area contributed by atoms with Gasteiger partial charge in [0.1, 0.15) is 0 Å². The van der Waals surface area contributed by atoms with Crippen LogP contribution in [0, 0.1) is 6.92 Å². The molecule has 106 valence electrons. The van der Waals surface area contributed by atoms with E-state index in [1.54, 1.807) is 0 Å². The summed E-state index contributed by atoms with van der Waals surface area (Å²) in [7, 11) is 0. The molecule has 3 heteroatoms. The molecule has 2 aromatic carbocycles. The van der Waals surface area contributed by atoms with E-state index in [1.807, 2.05) is 18.2 Å². The Hall–Kier alpha value is -1.16. The lowest BCUT2D eigenvalue weighted by molar-refractivity contribution is 0.241. The van der Waals surface area contributed by atoms with Gasteiger partial charge in [0.25, 0.3) is 0 Å². The van der Waals surface area contributed by atoms with Crippen LogP contribution in [0.5, 0.6) is 0 Å². The van der Waals surface area contributed by atoms with Crippen LogP contribution in [0.2, 0.25) is 0 Å². The van der Waals surface area contributed by atoms with Gasteiger partial charge in [0, 0.05) is 17.1 Å². The molecule has 0 bridgehead atoms. The van der Waals surface area contributed by atoms with Crippen LogP contribution in [-0.2, 0) is 13.0 Å².